The molecule has 1 aliphatic heterocycles. The summed E-state index contributed by atoms with van der Waals surface area (Å²) in [5.41, 5.74) is 8.48. The van der Waals surface area contributed by atoms with Crippen LogP contribution in [0.25, 0.3) is 0 Å². The molecule has 4 rings (SSSR count). The van der Waals surface area contributed by atoms with Crippen molar-refractivity contribution in [3.05, 3.63) is 60.9 Å². The molecule has 0 bridgehead atoms. The number of benzene rings is 1. The number of anilines is 3. The van der Waals surface area contributed by atoms with Crippen molar-refractivity contribution >= 4 is 17.3 Å². The highest BCUT2D eigenvalue weighted by Gasteiger charge is 2.22. The van der Waals surface area contributed by atoms with Crippen molar-refractivity contribution in [2.45, 2.75) is 32.2 Å². The van der Waals surface area contributed by atoms with Gasteiger partial charge >= 0.3 is 0 Å². The first-order valence-electron chi connectivity index (χ1n) is 10.4. The van der Waals surface area contributed by atoms with Gasteiger partial charge in [0.25, 0.3) is 0 Å². The summed E-state index contributed by atoms with van der Waals surface area (Å²) in [5, 5.41) is 3.36. The minimum absolute atomic E-state index is 0.650. The molecule has 1 saturated heterocycles. The summed E-state index contributed by atoms with van der Waals surface area (Å²) in [7, 11) is 0. The Hall–Kier alpha value is -3.09. The predicted molar refractivity (Wildman–Crippen MR) is 117 cm³/mol. The molecule has 152 valence electrons. The van der Waals surface area contributed by atoms with Crippen LogP contribution in [0.2, 0.25) is 0 Å². The van der Waals surface area contributed by atoms with Crippen molar-refractivity contribution in [1.82, 2.24) is 19.5 Å². The molecule has 2 aromatic heterocycles. The number of hydrogen-bond acceptors (Lipinski definition) is 6. The maximum atomic E-state index is 6.40. The molecule has 0 amide bonds. The van der Waals surface area contributed by atoms with Gasteiger partial charge in [0.05, 0.1) is 6.33 Å². The van der Waals surface area contributed by atoms with E-state index in [2.05, 4.69) is 60.1 Å². The topological polar surface area (TPSA) is 84.9 Å². The molecule has 1 aliphatic rings. The summed E-state index contributed by atoms with van der Waals surface area (Å²) in [6.45, 7) is 3.69. The highest BCUT2D eigenvalue weighted by molar-refractivity contribution is 5.74. The molecule has 0 aliphatic carbocycles. The highest BCUT2D eigenvalue weighted by Crippen LogP contribution is 2.30. The van der Waals surface area contributed by atoms with Crippen molar-refractivity contribution in [1.29, 1.82) is 0 Å². The summed E-state index contributed by atoms with van der Waals surface area (Å²) in [4.78, 5) is 15.2. The summed E-state index contributed by atoms with van der Waals surface area (Å²) < 4.78 is 2.07. The number of imidazole rings is 1. The average Bonchev–Trinajstić information content (AvgIpc) is 3.27. The second-order valence-corrected chi connectivity index (χ2v) is 7.66. The molecule has 7 heteroatoms. The third-order valence-corrected chi connectivity index (χ3v) is 5.59. The molecule has 7 nitrogen and oxygen atoms in total. The molecule has 0 radical (unpaired) electrons. The van der Waals surface area contributed by atoms with E-state index in [4.69, 9.17) is 5.73 Å². The summed E-state index contributed by atoms with van der Waals surface area (Å²) in [6, 6.07) is 10.8. The van der Waals surface area contributed by atoms with Gasteiger partial charge in [-0.2, -0.15) is 0 Å². The Balaban J connectivity index is 1.29. The van der Waals surface area contributed by atoms with E-state index in [9.17, 15) is 0 Å². The Morgan fingerprint density at radius 2 is 1.93 bits per heavy atom. The third-order valence-electron chi connectivity index (χ3n) is 5.59. The summed E-state index contributed by atoms with van der Waals surface area (Å²) in [5.74, 6) is 2.31. The fourth-order valence-electron chi connectivity index (χ4n) is 3.96. The number of nitrogens with one attached hydrogen (secondary N) is 1. The second-order valence-electron chi connectivity index (χ2n) is 7.66. The average molecular weight is 392 g/mol. The fourth-order valence-corrected chi connectivity index (χ4v) is 3.96. The number of hydrogen-bond donors (Lipinski definition) is 2. The van der Waals surface area contributed by atoms with Crippen LogP contribution in [0.5, 0.6) is 0 Å². The molecule has 0 spiro atoms. The first kappa shape index (κ1) is 19.2. The zero-order valence-corrected chi connectivity index (χ0v) is 16.7. The first-order valence-corrected chi connectivity index (χ1v) is 10.4. The second kappa shape index (κ2) is 9.41. The first-order chi connectivity index (χ1) is 14.3. The highest BCUT2D eigenvalue weighted by atomic mass is 15.2. The molecule has 0 atom stereocenters. The van der Waals surface area contributed by atoms with Gasteiger partial charge < -0.3 is 20.5 Å². The van der Waals surface area contributed by atoms with Crippen LogP contribution >= 0.6 is 0 Å². The SMILES string of the molecule is Nc1c(NCCCn2ccnc2)ncnc1N1CCC(Cc2ccccc2)CC1. The van der Waals surface area contributed by atoms with Crippen molar-refractivity contribution in [3.8, 4) is 0 Å². The monoisotopic (exact) mass is 391 g/mol. The van der Waals surface area contributed by atoms with Crippen molar-refractivity contribution in [3.63, 3.8) is 0 Å². The number of nitrogens with two attached hydrogens (primary N) is 1. The summed E-state index contributed by atoms with van der Waals surface area (Å²) in [6.07, 6.45) is 11.7. The van der Waals surface area contributed by atoms with E-state index in [1.807, 2.05) is 12.5 Å². The molecule has 29 heavy (non-hydrogen) atoms. The van der Waals surface area contributed by atoms with Crippen LogP contribution in [-0.4, -0.2) is 39.2 Å². The zero-order valence-electron chi connectivity index (χ0n) is 16.7. The Morgan fingerprint density at radius 3 is 2.69 bits per heavy atom. The van der Waals surface area contributed by atoms with E-state index >= 15 is 0 Å². The molecule has 1 aromatic carbocycles. The Morgan fingerprint density at radius 1 is 1.10 bits per heavy atom. The lowest BCUT2D eigenvalue weighted by Gasteiger charge is -2.33. The summed E-state index contributed by atoms with van der Waals surface area (Å²) >= 11 is 0. The van der Waals surface area contributed by atoms with E-state index in [0.29, 0.717) is 5.69 Å². The molecule has 1 fully saturated rings. The maximum Gasteiger partial charge on any atom is 0.157 e. The van der Waals surface area contributed by atoms with Gasteiger partial charge in [-0.25, -0.2) is 15.0 Å². The van der Waals surface area contributed by atoms with E-state index in [0.717, 1.165) is 69.4 Å². The van der Waals surface area contributed by atoms with Crippen LogP contribution in [-0.2, 0) is 13.0 Å². The number of piperidine rings is 1. The van der Waals surface area contributed by atoms with Crippen LogP contribution in [0.1, 0.15) is 24.8 Å². The number of nitrogens with zero attached hydrogens (tertiary/aromatic N) is 5. The lowest BCUT2D eigenvalue weighted by atomic mass is 9.90. The molecule has 3 N–H and O–H groups in total. The Kier molecular flexibility index (Phi) is 6.24. The van der Waals surface area contributed by atoms with Crippen molar-refractivity contribution in [2.24, 2.45) is 5.92 Å². The molecular weight excluding hydrogens is 362 g/mol. The normalized spacial score (nSPS) is 14.8. The van der Waals surface area contributed by atoms with Crippen LogP contribution in [0.4, 0.5) is 17.3 Å². The van der Waals surface area contributed by atoms with Crippen LogP contribution in [0, 0.1) is 5.92 Å². The lowest BCUT2D eigenvalue weighted by Crippen LogP contribution is -2.35. The number of rotatable bonds is 8. The quantitative estimate of drug-likeness (QED) is 0.574. The van der Waals surface area contributed by atoms with Crippen LogP contribution in [0.3, 0.4) is 0 Å². The van der Waals surface area contributed by atoms with Gasteiger partial charge in [-0.15, -0.1) is 0 Å². The van der Waals surface area contributed by atoms with Gasteiger partial charge in [0.1, 0.15) is 12.0 Å². The fraction of sp³-hybridized carbons (Fsp3) is 0.409. The molecule has 0 saturated carbocycles. The van der Waals surface area contributed by atoms with Gasteiger partial charge in [0.2, 0.25) is 0 Å². The van der Waals surface area contributed by atoms with Crippen molar-refractivity contribution < 1.29 is 0 Å². The van der Waals surface area contributed by atoms with E-state index in [1.54, 1.807) is 12.5 Å². The number of aryl methyl sites for hydroxylation is 1. The molecule has 3 aromatic rings. The van der Waals surface area contributed by atoms with E-state index in [1.165, 1.54) is 5.56 Å². The minimum atomic E-state index is 0.650. The van der Waals surface area contributed by atoms with Gasteiger partial charge in [-0.3, -0.25) is 0 Å². The number of nitrogen functional groups attached to an aromatic ring is 1. The van der Waals surface area contributed by atoms with Gasteiger partial charge in [0, 0.05) is 38.6 Å². The Labute approximate surface area is 172 Å². The standard InChI is InChI=1S/C22H29N7/c23-20-21(25-9-4-11-28-14-10-24-17-28)26-16-27-22(20)29-12-7-19(8-13-29)15-18-5-2-1-3-6-18/h1-3,5-6,10,14,16-17,19H,4,7-9,11-13,15,23H2,(H,25,26,27). The van der Waals surface area contributed by atoms with Gasteiger partial charge in [-0.1, -0.05) is 30.3 Å². The number of aromatic nitrogens is 4. The van der Waals surface area contributed by atoms with Gasteiger partial charge in [0.15, 0.2) is 11.6 Å². The van der Waals surface area contributed by atoms with E-state index in [-0.39, 0.29) is 0 Å². The maximum absolute atomic E-state index is 6.40. The Bertz CT molecular complexity index is 871. The zero-order chi connectivity index (χ0) is 19.9. The smallest absolute Gasteiger partial charge is 0.157 e. The molecule has 3 heterocycles. The largest absolute Gasteiger partial charge is 0.393 e. The van der Waals surface area contributed by atoms with Crippen LogP contribution in [0.15, 0.2) is 55.4 Å². The van der Waals surface area contributed by atoms with Crippen molar-refractivity contribution in [2.75, 3.05) is 35.6 Å². The van der Waals surface area contributed by atoms with Crippen LogP contribution < -0.4 is 16.0 Å². The van der Waals surface area contributed by atoms with E-state index < -0.39 is 0 Å². The predicted octanol–water partition coefficient (Wildman–Crippen LogP) is 3.22. The lowest BCUT2D eigenvalue weighted by molar-refractivity contribution is 0.402. The molecule has 0 unspecified atom stereocenters. The third kappa shape index (κ3) is 5.04. The molecular formula is C22H29N7. The van der Waals surface area contributed by atoms with Gasteiger partial charge in [-0.05, 0) is 37.2 Å². The minimum Gasteiger partial charge on any atom is -0.393 e.